The Morgan fingerprint density at radius 3 is 2.64 bits per heavy atom. The zero-order valence-corrected chi connectivity index (χ0v) is 13.8. The van der Waals surface area contributed by atoms with Gasteiger partial charge in [0.1, 0.15) is 11.3 Å². The molecule has 0 aliphatic carbocycles. The number of aromatic carboxylic acids is 1. The van der Waals surface area contributed by atoms with Crippen molar-refractivity contribution in [1.29, 1.82) is 0 Å². The van der Waals surface area contributed by atoms with Gasteiger partial charge in [0.25, 0.3) is 5.56 Å². The van der Waals surface area contributed by atoms with Crippen LogP contribution in [0.3, 0.4) is 0 Å². The Labute approximate surface area is 146 Å². The molecule has 0 aliphatic heterocycles. The second-order valence-electron chi connectivity index (χ2n) is 5.55. The van der Waals surface area contributed by atoms with Gasteiger partial charge >= 0.3 is 5.97 Å². The highest BCUT2D eigenvalue weighted by atomic mass is 35.5. The first-order chi connectivity index (χ1) is 12.0. The van der Waals surface area contributed by atoms with Gasteiger partial charge in [-0.25, -0.2) is 14.3 Å². The van der Waals surface area contributed by atoms with Crippen molar-refractivity contribution in [2.24, 2.45) is 0 Å². The number of nitrogens with one attached hydrogen (secondary N) is 1. The van der Waals surface area contributed by atoms with Crippen molar-refractivity contribution >= 4 is 29.0 Å². The molecule has 0 fully saturated rings. The highest BCUT2D eigenvalue weighted by Gasteiger charge is 2.16. The zero-order chi connectivity index (χ0) is 18.0. The van der Waals surface area contributed by atoms with Gasteiger partial charge in [-0.3, -0.25) is 14.7 Å². The number of carbonyl (C=O) groups is 2. The third-order valence-electron chi connectivity index (χ3n) is 3.81. The Morgan fingerprint density at radius 2 is 1.96 bits per heavy atom. The van der Waals surface area contributed by atoms with Crippen molar-refractivity contribution in [3.63, 3.8) is 0 Å². The molecular weight excluding hydrogens is 346 g/mol. The molecular formula is C17H14ClN3O4. The molecule has 0 saturated heterocycles. The number of halogens is 1. The molecule has 25 heavy (non-hydrogen) atoms. The summed E-state index contributed by atoms with van der Waals surface area (Å²) < 4.78 is 0.968. The van der Waals surface area contributed by atoms with Crippen LogP contribution in [0.5, 0.6) is 0 Å². The Kier molecular flexibility index (Phi) is 4.67. The van der Waals surface area contributed by atoms with E-state index in [1.54, 1.807) is 12.1 Å². The molecule has 0 atom stereocenters. The number of H-pyrrole nitrogens is 1. The number of Topliss-reactive ketones (excluding diaryl/α,β-unsaturated/α-hetero) is 1. The van der Waals surface area contributed by atoms with Gasteiger partial charge in [-0.15, -0.1) is 0 Å². The van der Waals surface area contributed by atoms with Crippen molar-refractivity contribution in [3.05, 3.63) is 68.7 Å². The SMILES string of the molecule is O=C(CCCc1ccc(Cl)cc1)c1cc2ncc(C(=O)O)c(=O)n2[nH]1. The number of ketones is 1. The van der Waals surface area contributed by atoms with Crippen LogP contribution in [0.4, 0.5) is 0 Å². The average molecular weight is 360 g/mol. The Bertz CT molecular complexity index is 1000. The summed E-state index contributed by atoms with van der Waals surface area (Å²) in [5, 5.41) is 12.2. The molecule has 3 rings (SSSR count). The largest absolute Gasteiger partial charge is 0.477 e. The lowest BCUT2D eigenvalue weighted by Gasteiger charge is -2.01. The fraction of sp³-hybridized carbons (Fsp3) is 0.176. The first kappa shape index (κ1) is 16.9. The average Bonchev–Trinajstić information content (AvgIpc) is 3.02. The van der Waals surface area contributed by atoms with Gasteiger partial charge < -0.3 is 5.11 Å². The molecule has 0 unspecified atom stereocenters. The molecule has 7 nitrogen and oxygen atoms in total. The summed E-state index contributed by atoms with van der Waals surface area (Å²) in [5.41, 5.74) is 0.302. The number of rotatable bonds is 6. The number of nitrogens with zero attached hydrogens (tertiary/aromatic N) is 2. The molecule has 1 aromatic carbocycles. The summed E-state index contributed by atoms with van der Waals surface area (Å²) in [6, 6.07) is 8.86. The second kappa shape index (κ2) is 6.90. The van der Waals surface area contributed by atoms with Crippen LogP contribution in [-0.4, -0.2) is 31.5 Å². The minimum absolute atomic E-state index is 0.171. The Hall–Kier alpha value is -2.93. The van der Waals surface area contributed by atoms with E-state index in [9.17, 15) is 14.4 Å². The van der Waals surface area contributed by atoms with E-state index < -0.39 is 17.1 Å². The topological polar surface area (TPSA) is 105 Å². The second-order valence-corrected chi connectivity index (χ2v) is 5.99. The first-order valence-electron chi connectivity index (χ1n) is 7.57. The summed E-state index contributed by atoms with van der Waals surface area (Å²) in [5.74, 6) is -1.53. The number of aromatic amines is 1. The fourth-order valence-electron chi connectivity index (χ4n) is 2.49. The van der Waals surface area contributed by atoms with Gasteiger partial charge in [0.15, 0.2) is 11.4 Å². The summed E-state index contributed by atoms with van der Waals surface area (Å²) in [4.78, 5) is 39.1. The van der Waals surface area contributed by atoms with E-state index in [0.717, 1.165) is 22.7 Å². The zero-order valence-electron chi connectivity index (χ0n) is 13.0. The maximum atomic E-state index is 12.3. The molecule has 8 heteroatoms. The van der Waals surface area contributed by atoms with Crippen molar-refractivity contribution in [2.45, 2.75) is 19.3 Å². The van der Waals surface area contributed by atoms with Crippen LogP contribution in [0, 0.1) is 0 Å². The maximum Gasteiger partial charge on any atom is 0.343 e. The number of carboxylic acid groups (broad SMARTS) is 1. The quantitative estimate of drug-likeness (QED) is 0.658. The van der Waals surface area contributed by atoms with Crippen LogP contribution >= 0.6 is 11.6 Å². The van der Waals surface area contributed by atoms with Crippen LogP contribution in [0.1, 0.15) is 39.3 Å². The van der Waals surface area contributed by atoms with Crippen molar-refractivity contribution < 1.29 is 14.7 Å². The number of fused-ring (bicyclic) bond motifs is 1. The molecule has 0 saturated carbocycles. The van der Waals surface area contributed by atoms with Crippen molar-refractivity contribution in [1.82, 2.24) is 14.6 Å². The monoisotopic (exact) mass is 359 g/mol. The third-order valence-corrected chi connectivity index (χ3v) is 4.06. The standard InChI is InChI=1S/C17H14ClN3O4/c18-11-6-4-10(5-7-11)2-1-3-14(22)13-8-15-19-9-12(17(24)25)16(23)21(15)20-13/h4-9,20H,1-3H2,(H,24,25). The van der Waals surface area contributed by atoms with Gasteiger partial charge in [-0.05, 0) is 30.5 Å². The Balaban J connectivity index is 1.72. The van der Waals surface area contributed by atoms with Gasteiger partial charge in [0.2, 0.25) is 0 Å². The lowest BCUT2D eigenvalue weighted by atomic mass is 10.1. The summed E-state index contributed by atoms with van der Waals surface area (Å²) >= 11 is 5.83. The maximum absolute atomic E-state index is 12.3. The van der Waals surface area contributed by atoms with E-state index in [-0.39, 0.29) is 23.5 Å². The number of hydrogen-bond acceptors (Lipinski definition) is 4. The van der Waals surface area contributed by atoms with Gasteiger partial charge in [-0.1, -0.05) is 23.7 Å². The molecule has 0 spiro atoms. The van der Waals surface area contributed by atoms with Crippen molar-refractivity contribution in [3.8, 4) is 0 Å². The summed E-state index contributed by atoms with van der Waals surface area (Å²) in [6.07, 6.45) is 2.64. The lowest BCUT2D eigenvalue weighted by molar-refractivity contribution is 0.0694. The van der Waals surface area contributed by atoms with E-state index in [1.165, 1.54) is 6.07 Å². The number of hydrogen-bond donors (Lipinski definition) is 2. The van der Waals surface area contributed by atoms with E-state index in [2.05, 4.69) is 10.1 Å². The van der Waals surface area contributed by atoms with Gasteiger partial charge in [-0.2, -0.15) is 0 Å². The lowest BCUT2D eigenvalue weighted by Crippen LogP contribution is -2.23. The minimum atomic E-state index is -1.36. The van der Waals surface area contributed by atoms with E-state index in [0.29, 0.717) is 11.4 Å². The number of carbonyl (C=O) groups excluding carboxylic acids is 1. The molecule has 0 amide bonds. The van der Waals surface area contributed by atoms with Gasteiger partial charge in [0, 0.05) is 23.7 Å². The van der Waals surface area contributed by atoms with E-state index in [1.807, 2.05) is 12.1 Å². The van der Waals surface area contributed by atoms with Crippen molar-refractivity contribution in [2.75, 3.05) is 0 Å². The predicted octanol–water partition coefficient (Wildman–Crippen LogP) is 2.58. The number of carboxylic acids is 1. The predicted molar refractivity (Wildman–Crippen MR) is 91.5 cm³/mol. The highest BCUT2D eigenvalue weighted by Crippen LogP contribution is 2.13. The molecule has 3 aromatic rings. The normalized spacial score (nSPS) is 10.9. The first-order valence-corrected chi connectivity index (χ1v) is 7.95. The van der Waals surface area contributed by atoms with Gasteiger partial charge in [0.05, 0.1) is 0 Å². The molecule has 2 aromatic heterocycles. The molecule has 2 N–H and O–H groups in total. The molecule has 0 bridgehead atoms. The summed E-state index contributed by atoms with van der Waals surface area (Å²) in [7, 11) is 0. The number of benzene rings is 1. The molecule has 2 heterocycles. The van der Waals surface area contributed by atoms with Crippen LogP contribution in [-0.2, 0) is 6.42 Å². The van der Waals surface area contributed by atoms with Crippen LogP contribution < -0.4 is 5.56 Å². The number of aryl methyl sites for hydroxylation is 1. The number of aromatic nitrogens is 3. The van der Waals surface area contributed by atoms with E-state index >= 15 is 0 Å². The molecule has 0 radical (unpaired) electrons. The third kappa shape index (κ3) is 3.61. The fourth-order valence-corrected chi connectivity index (χ4v) is 2.61. The van der Waals surface area contributed by atoms with Crippen LogP contribution in [0.25, 0.3) is 5.65 Å². The Morgan fingerprint density at radius 1 is 1.24 bits per heavy atom. The van der Waals surface area contributed by atoms with Crippen LogP contribution in [0.2, 0.25) is 5.02 Å². The van der Waals surface area contributed by atoms with Crippen LogP contribution in [0.15, 0.2) is 41.3 Å². The smallest absolute Gasteiger partial charge is 0.343 e. The van der Waals surface area contributed by atoms with E-state index in [4.69, 9.17) is 16.7 Å². The highest BCUT2D eigenvalue weighted by molar-refractivity contribution is 6.30. The molecule has 0 aliphatic rings. The molecule has 128 valence electrons. The minimum Gasteiger partial charge on any atom is -0.477 e. The summed E-state index contributed by atoms with van der Waals surface area (Å²) in [6.45, 7) is 0.